The Morgan fingerprint density at radius 2 is 1.88 bits per heavy atom. The fourth-order valence-electron chi connectivity index (χ4n) is 2.93. The lowest BCUT2D eigenvalue weighted by molar-refractivity contribution is -0.159. The lowest BCUT2D eigenvalue weighted by Gasteiger charge is -2.19. The fraction of sp³-hybridized carbons (Fsp3) is 0.318. The second-order valence-corrected chi connectivity index (χ2v) is 9.45. The van der Waals surface area contributed by atoms with Crippen LogP contribution in [-0.4, -0.2) is 44.7 Å². The summed E-state index contributed by atoms with van der Waals surface area (Å²) >= 11 is 0. The maximum Gasteiger partial charge on any atom is 0.394 e. The normalized spacial score (nSPS) is 12.3. The highest BCUT2D eigenvalue weighted by molar-refractivity contribution is 7.90. The molecule has 0 aliphatic rings. The van der Waals surface area contributed by atoms with Gasteiger partial charge in [0.15, 0.2) is 9.84 Å². The summed E-state index contributed by atoms with van der Waals surface area (Å²) < 4.78 is 56.8. The summed E-state index contributed by atoms with van der Waals surface area (Å²) in [7, 11) is -4.10. The molecule has 8 nitrogen and oxygen atoms in total. The number of halogens is 2. The molecule has 0 fully saturated rings. The number of aryl methyl sites for hydroxylation is 1. The van der Waals surface area contributed by atoms with E-state index in [1.807, 2.05) is 0 Å². The quantitative estimate of drug-likeness (QED) is 0.504. The van der Waals surface area contributed by atoms with Crippen LogP contribution in [0.25, 0.3) is 0 Å². The van der Waals surface area contributed by atoms with E-state index in [1.165, 1.54) is 30.3 Å². The Kier molecular flexibility index (Phi) is 8.48. The van der Waals surface area contributed by atoms with E-state index in [0.29, 0.717) is 6.92 Å². The van der Waals surface area contributed by atoms with Crippen LogP contribution < -0.4 is 15.4 Å². The molecule has 0 aliphatic heterocycles. The topological polar surface area (TPSA) is 125 Å². The highest BCUT2D eigenvalue weighted by atomic mass is 32.2. The summed E-state index contributed by atoms with van der Waals surface area (Å²) in [6, 6.07) is 12.0. The third kappa shape index (κ3) is 8.50. The van der Waals surface area contributed by atoms with Crippen LogP contribution in [0.2, 0.25) is 0 Å². The van der Waals surface area contributed by atoms with Crippen molar-refractivity contribution in [1.82, 2.24) is 10.6 Å². The van der Waals surface area contributed by atoms with Crippen molar-refractivity contribution in [2.45, 2.75) is 31.8 Å². The van der Waals surface area contributed by atoms with E-state index in [2.05, 4.69) is 15.4 Å². The number of carbonyl (C=O) groups excluding carboxylic acids is 2. The number of rotatable bonds is 10. The van der Waals surface area contributed by atoms with E-state index in [9.17, 15) is 26.8 Å². The number of carbonyl (C=O) groups is 2. The Bertz CT molecular complexity index is 1160. The number of amides is 2. The Labute approximate surface area is 190 Å². The zero-order valence-electron chi connectivity index (χ0n) is 18.0. The minimum absolute atomic E-state index is 0.0276. The summed E-state index contributed by atoms with van der Waals surface area (Å²) in [4.78, 5) is 25.0. The lowest BCUT2D eigenvalue weighted by Crippen LogP contribution is -2.50. The highest BCUT2D eigenvalue weighted by Crippen LogP contribution is 2.26. The maximum atomic E-state index is 13.3. The van der Waals surface area contributed by atoms with E-state index < -0.39 is 51.9 Å². The monoisotopic (exact) mass is 479 g/mol. The maximum absolute atomic E-state index is 13.3. The largest absolute Gasteiger partial charge is 0.432 e. The average molecular weight is 480 g/mol. The van der Waals surface area contributed by atoms with Gasteiger partial charge in [-0.1, -0.05) is 35.9 Å². The smallest absolute Gasteiger partial charge is 0.394 e. The first kappa shape index (κ1) is 25.7. The number of nitrogens with one attached hydrogen (secondary N) is 2. The average Bonchev–Trinajstić information content (AvgIpc) is 2.71. The van der Waals surface area contributed by atoms with Crippen LogP contribution >= 0.6 is 0 Å². The van der Waals surface area contributed by atoms with Crippen molar-refractivity contribution < 1.29 is 31.5 Å². The van der Waals surface area contributed by atoms with E-state index in [4.69, 9.17) is 5.26 Å². The van der Waals surface area contributed by atoms with Crippen molar-refractivity contribution in [3.63, 3.8) is 0 Å². The van der Waals surface area contributed by atoms with E-state index in [1.54, 1.807) is 31.2 Å². The Morgan fingerprint density at radius 3 is 2.52 bits per heavy atom. The lowest BCUT2D eigenvalue weighted by atomic mass is 10.1. The summed E-state index contributed by atoms with van der Waals surface area (Å²) in [5.74, 6) is -3.39. The van der Waals surface area contributed by atoms with Crippen LogP contribution in [0, 0.1) is 18.3 Å². The molecule has 0 radical (unpaired) electrons. The fourth-order valence-corrected chi connectivity index (χ4v) is 4.50. The molecule has 33 heavy (non-hydrogen) atoms. The summed E-state index contributed by atoms with van der Waals surface area (Å²) in [6.45, 7) is 1.89. The summed E-state index contributed by atoms with van der Waals surface area (Å²) in [6.07, 6.45) is -3.53. The number of sulfone groups is 1. The molecule has 0 aliphatic carbocycles. The van der Waals surface area contributed by atoms with Gasteiger partial charge in [-0.3, -0.25) is 9.59 Å². The van der Waals surface area contributed by atoms with Crippen molar-refractivity contribution in [1.29, 1.82) is 5.26 Å². The number of hydrogen-bond acceptors (Lipinski definition) is 6. The molecule has 0 saturated heterocycles. The van der Waals surface area contributed by atoms with Crippen molar-refractivity contribution in [2.75, 3.05) is 12.3 Å². The number of nitriles is 1. The van der Waals surface area contributed by atoms with E-state index in [-0.39, 0.29) is 16.9 Å². The Hall–Kier alpha value is -3.52. The molecule has 0 spiro atoms. The molecule has 1 atom stereocenters. The number of alkyl halides is 2. The van der Waals surface area contributed by atoms with Crippen LogP contribution in [0.5, 0.6) is 5.75 Å². The molecule has 2 aromatic carbocycles. The first-order valence-corrected chi connectivity index (χ1v) is 11.6. The van der Waals surface area contributed by atoms with Gasteiger partial charge < -0.3 is 15.4 Å². The van der Waals surface area contributed by atoms with Crippen LogP contribution in [-0.2, 0) is 20.4 Å². The standard InChI is InChI=1S/C22H23F2N3O5S/c1-15-6-5-8-16(12-15)20(28)27-18(21(29)26-11-10-25)14-33(30,31)13-17-7-3-4-9-19(17)32-22(2,23)24/h3-9,12,18H,11,13-14H2,1-2H3,(H,26,29)(H,27,28)/t18-/m0/s1. The van der Waals surface area contributed by atoms with Crippen LogP contribution in [0.15, 0.2) is 48.5 Å². The van der Waals surface area contributed by atoms with Gasteiger partial charge in [0.1, 0.15) is 18.3 Å². The van der Waals surface area contributed by atoms with Crippen molar-refractivity contribution >= 4 is 21.7 Å². The number of benzene rings is 2. The van der Waals surface area contributed by atoms with Gasteiger partial charge in [0.25, 0.3) is 5.91 Å². The van der Waals surface area contributed by atoms with Gasteiger partial charge in [0.05, 0.1) is 17.6 Å². The second-order valence-electron chi connectivity index (χ2n) is 7.34. The second kappa shape index (κ2) is 10.9. The summed E-state index contributed by atoms with van der Waals surface area (Å²) in [5.41, 5.74) is 0.972. The molecule has 2 amide bonds. The number of ether oxygens (including phenoxy) is 1. The molecule has 2 rings (SSSR count). The third-order valence-corrected chi connectivity index (χ3v) is 5.89. The minimum Gasteiger partial charge on any atom is -0.432 e. The molecular weight excluding hydrogens is 456 g/mol. The molecule has 176 valence electrons. The molecule has 0 heterocycles. The molecule has 2 N–H and O–H groups in total. The number of para-hydroxylation sites is 1. The van der Waals surface area contributed by atoms with E-state index >= 15 is 0 Å². The molecular formula is C22H23F2N3O5S. The molecule has 11 heteroatoms. The van der Waals surface area contributed by atoms with Gasteiger partial charge in [-0.15, -0.1) is 0 Å². The van der Waals surface area contributed by atoms with Gasteiger partial charge in [-0.25, -0.2) is 8.42 Å². The number of nitrogens with zero attached hydrogens (tertiary/aromatic N) is 1. The van der Waals surface area contributed by atoms with Gasteiger partial charge in [-0.05, 0) is 25.1 Å². The third-order valence-electron chi connectivity index (χ3n) is 4.30. The molecule has 2 aromatic rings. The Balaban J connectivity index is 2.25. The predicted octanol–water partition coefficient (Wildman–Crippen LogP) is 2.34. The molecule has 0 unspecified atom stereocenters. The predicted molar refractivity (Wildman–Crippen MR) is 116 cm³/mol. The van der Waals surface area contributed by atoms with Gasteiger partial charge >= 0.3 is 6.11 Å². The van der Waals surface area contributed by atoms with Crippen molar-refractivity contribution in [2.24, 2.45) is 0 Å². The summed E-state index contributed by atoms with van der Waals surface area (Å²) in [5, 5.41) is 13.3. The minimum atomic E-state index is -4.10. The van der Waals surface area contributed by atoms with E-state index in [0.717, 1.165) is 5.56 Å². The first-order valence-electron chi connectivity index (χ1n) is 9.77. The van der Waals surface area contributed by atoms with Gasteiger partial charge in [0.2, 0.25) is 5.91 Å². The van der Waals surface area contributed by atoms with Crippen molar-refractivity contribution in [3.05, 3.63) is 65.2 Å². The SMILES string of the molecule is Cc1cccc(C(=O)N[C@@H](CS(=O)(=O)Cc2ccccc2OC(C)(F)F)C(=O)NCC#N)c1. The molecule has 0 bridgehead atoms. The molecule has 0 aromatic heterocycles. The van der Waals surface area contributed by atoms with Crippen LogP contribution in [0.4, 0.5) is 8.78 Å². The zero-order chi connectivity index (χ0) is 24.6. The first-order chi connectivity index (χ1) is 15.4. The van der Waals surface area contributed by atoms with Gasteiger partial charge in [0, 0.05) is 18.1 Å². The van der Waals surface area contributed by atoms with Crippen molar-refractivity contribution in [3.8, 4) is 11.8 Å². The van der Waals surface area contributed by atoms with Crippen LogP contribution in [0.3, 0.4) is 0 Å². The van der Waals surface area contributed by atoms with Crippen LogP contribution in [0.1, 0.15) is 28.4 Å². The highest BCUT2D eigenvalue weighted by Gasteiger charge is 2.30. The zero-order valence-corrected chi connectivity index (χ0v) is 18.8. The Morgan fingerprint density at radius 1 is 1.18 bits per heavy atom. The number of hydrogen-bond donors (Lipinski definition) is 2. The molecule has 0 saturated carbocycles. The van der Waals surface area contributed by atoms with Gasteiger partial charge in [-0.2, -0.15) is 14.0 Å².